The third-order valence-electron chi connectivity index (χ3n) is 6.44. The molecule has 2 heterocycles. The molecule has 8 heteroatoms. The van der Waals surface area contributed by atoms with Crippen molar-refractivity contribution in [2.45, 2.75) is 64.5 Å². The summed E-state index contributed by atoms with van der Waals surface area (Å²) in [5, 5.41) is 4.06. The molecule has 4 rings (SSSR count). The van der Waals surface area contributed by atoms with Crippen LogP contribution in [0.5, 0.6) is 5.75 Å². The molecular weight excluding hydrogens is 412 g/mol. The summed E-state index contributed by atoms with van der Waals surface area (Å²) in [6, 6.07) is 5.93. The second-order valence-electron chi connectivity index (χ2n) is 8.57. The molecule has 0 saturated heterocycles. The number of H-pyrrole nitrogens is 2. The Bertz CT molecular complexity index is 1210. The molecule has 0 spiro atoms. The second-order valence-corrected chi connectivity index (χ2v) is 8.95. The van der Waals surface area contributed by atoms with Crippen LogP contribution in [0.3, 0.4) is 0 Å². The first-order chi connectivity index (χ1) is 15.0. The number of hydrogen-bond donors (Lipinski definition) is 3. The van der Waals surface area contributed by atoms with Gasteiger partial charge >= 0.3 is 0 Å². The van der Waals surface area contributed by atoms with Gasteiger partial charge in [0.2, 0.25) is 5.91 Å². The zero-order valence-corrected chi connectivity index (χ0v) is 18.9. The zero-order valence-electron chi connectivity index (χ0n) is 18.1. The molecule has 2 aromatic heterocycles. The highest BCUT2D eigenvalue weighted by molar-refractivity contribution is 7.71. The Morgan fingerprint density at radius 3 is 2.81 bits per heavy atom. The van der Waals surface area contributed by atoms with Crippen molar-refractivity contribution in [3.63, 3.8) is 0 Å². The van der Waals surface area contributed by atoms with Crippen LogP contribution in [0, 0.1) is 10.7 Å². The van der Waals surface area contributed by atoms with Gasteiger partial charge in [-0.2, -0.15) is 0 Å². The first-order valence-corrected chi connectivity index (χ1v) is 11.5. The van der Waals surface area contributed by atoms with Gasteiger partial charge in [0.1, 0.15) is 11.3 Å². The molecule has 1 aliphatic rings. The molecule has 2 unspecified atom stereocenters. The van der Waals surface area contributed by atoms with Gasteiger partial charge in [0.25, 0.3) is 5.56 Å². The molecule has 1 aliphatic carbocycles. The number of carbonyl (C=O) groups is 1. The van der Waals surface area contributed by atoms with Gasteiger partial charge < -0.3 is 20.0 Å². The van der Waals surface area contributed by atoms with Gasteiger partial charge in [-0.05, 0) is 62.0 Å². The molecule has 2 atom stereocenters. The third-order valence-corrected chi connectivity index (χ3v) is 6.76. The third kappa shape index (κ3) is 4.54. The highest BCUT2D eigenvalue weighted by atomic mass is 32.1. The number of carbonyl (C=O) groups excluding carboxylic acids is 1. The van der Waals surface area contributed by atoms with Gasteiger partial charge in [-0.1, -0.05) is 19.8 Å². The SMILES string of the molecule is COc1ccc2[nH]c3c(=O)n(CCCCC(=O)NC4CCCCC4C)c(=S)[nH]c3c2c1. The number of benzene rings is 1. The largest absolute Gasteiger partial charge is 0.497 e. The fourth-order valence-corrected chi connectivity index (χ4v) is 4.83. The fourth-order valence-electron chi connectivity index (χ4n) is 4.56. The first kappa shape index (κ1) is 21.6. The first-order valence-electron chi connectivity index (χ1n) is 11.1. The number of nitrogens with zero attached hydrogens (tertiary/aromatic N) is 1. The Morgan fingerprint density at radius 1 is 1.23 bits per heavy atom. The Morgan fingerprint density at radius 2 is 2.03 bits per heavy atom. The highest BCUT2D eigenvalue weighted by Crippen LogP contribution is 2.26. The number of nitrogens with one attached hydrogen (secondary N) is 3. The number of aromatic amines is 2. The van der Waals surface area contributed by atoms with E-state index >= 15 is 0 Å². The predicted molar refractivity (Wildman–Crippen MR) is 125 cm³/mol. The van der Waals surface area contributed by atoms with E-state index < -0.39 is 0 Å². The zero-order chi connectivity index (χ0) is 22.0. The summed E-state index contributed by atoms with van der Waals surface area (Å²) in [5.74, 6) is 1.38. The summed E-state index contributed by atoms with van der Waals surface area (Å²) in [7, 11) is 1.61. The van der Waals surface area contributed by atoms with Crippen molar-refractivity contribution >= 4 is 40.1 Å². The maximum Gasteiger partial charge on any atom is 0.278 e. The van der Waals surface area contributed by atoms with Crippen LogP contribution < -0.4 is 15.6 Å². The average Bonchev–Trinajstić information content (AvgIpc) is 3.12. The molecule has 3 N–H and O–H groups in total. The van der Waals surface area contributed by atoms with Crippen LogP contribution in [0.15, 0.2) is 23.0 Å². The fraction of sp³-hybridized carbons (Fsp3) is 0.522. The van der Waals surface area contributed by atoms with Crippen molar-refractivity contribution < 1.29 is 9.53 Å². The number of methoxy groups -OCH3 is 1. The van der Waals surface area contributed by atoms with Crippen LogP contribution in [0.1, 0.15) is 51.9 Å². The van der Waals surface area contributed by atoms with Gasteiger partial charge in [-0.3, -0.25) is 14.2 Å². The van der Waals surface area contributed by atoms with Crippen LogP contribution in [0.4, 0.5) is 0 Å². The molecule has 1 amide bonds. The topological polar surface area (TPSA) is 91.9 Å². The molecule has 0 aliphatic heterocycles. The molecule has 1 fully saturated rings. The van der Waals surface area contributed by atoms with Crippen LogP contribution in [-0.2, 0) is 11.3 Å². The smallest absolute Gasteiger partial charge is 0.278 e. The van der Waals surface area contributed by atoms with Gasteiger partial charge in [0.05, 0.1) is 12.6 Å². The summed E-state index contributed by atoms with van der Waals surface area (Å²) >= 11 is 5.46. The number of rotatable bonds is 7. The standard InChI is InChI=1S/C23H30N4O3S/c1-14-7-3-4-8-17(14)24-19(28)9-5-6-12-27-22(29)21-20(26-23(27)31)16-13-15(30-2)10-11-18(16)25-21/h10-11,13-14,17,25H,3-9,12H2,1-2H3,(H,24,28)(H,26,31). The minimum Gasteiger partial charge on any atom is -0.497 e. The average molecular weight is 443 g/mol. The lowest BCUT2D eigenvalue weighted by Gasteiger charge is -2.29. The molecule has 31 heavy (non-hydrogen) atoms. The number of unbranched alkanes of at least 4 members (excludes halogenated alkanes) is 1. The molecule has 3 aromatic rings. The summed E-state index contributed by atoms with van der Waals surface area (Å²) < 4.78 is 7.26. The van der Waals surface area contributed by atoms with E-state index in [4.69, 9.17) is 17.0 Å². The Balaban J connectivity index is 1.41. The van der Waals surface area contributed by atoms with Crippen LogP contribution >= 0.6 is 12.2 Å². The van der Waals surface area contributed by atoms with E-state index in [0.29, 0.717) is 47.2 Å². The quantitative estimate of drug-likeness (QED) is 0.373. The minimum absolute atomic E-state index is 0.108. The van der Waals surface area contributed by atoms with E-state index in [9.17, 15) is 9.59 Å². The lowest BCUT2D eigenvalue weighted by atomic mass is 9.86. The maximum absolute atomic E-state index is 13.0. The Hall–Kier alpha value is -2.61. The lowest BCUT2D eigenvalue weighted by Crippen LogP contribution is -2.40. The molecule has 7 nitrogen and oxygen atoms in total. The van der Waals surface area contributed by atoms with Gasteiger partial charge in [0.15, 0.2) is 4.77 Å². The second kappa shape index (κ2) is 9.26. The van der Waals surface area contributed by atoms with E-state index in [1.54, 1.807) is 11.7 Å². The minimum atomic E-state index is -0.144. The van der Waals surface area contributed by atoms with Crippen molar-refractivity contribution in [3.05, 3.63) is 33.3 Å². The Labute approximate surface area is 186 Å². The van der Waals surface area contributed by atoms with E-state index in [1.807, 2.05) is 18.2 Å². The van der Waals surface area contributed by atoms with Crippen molar-refractivity contribution in [2.24, 2.45) is 5.92 Å². The van der Waals surface area contributed by atoms with Crippen molar-refractivity contribution in [3.8, 4) is 5.75 Å². The monoisotopic (exact) mass is 442 g/mol. The molecule has 1 saturated carbocycles. The van der Waals surface area contributed by atoms with Crippen molar-refractivity contribution in [2.75, 3.05) is 7.11 Å². The Kier molecular flexibility index (Phi) is 6.46. The van der Waals surface area contributed by atoms with Crippen LogP contribution in [0.2, 0.25) is 0 Å². The molecule has 166 valence electrons. The van der Waals surface area contributed by atoms with E-state index in [0.717, 1.165) is 29.5 Å². The summed E-state index contributed by atoms with van der Waals surface area (Å²) in [4.78, 5) is 31.7. The number of amides is 1. The number of aromatic nitrogens is 3. The molecule has 1 aromatic carbocycles. The number of fused-ring (bicyclic) bond motifs is 3. The number of ether oxygens (including phenoxy) is 1. The van der Waals surface area contributed by atoms with Gasteiger partial charge in [-0.15, -0.1) is 0 Å². The van der Waals surface area contributed by atoms with Gasteiger partial charge in [0, 0.05) is 29.9 Å². The predicted octanol–water partition coefficient (Wildman–Crippen LogP) is 4.41. The van der Waals surface area contributed by atoms with E-state index in [2.05, 4.69) is 22.2 Å². The molecule has 0 radical (unpaired) electrons. The maximum atomic E-state index is 13.0. The summed E-state index contributed by atoms with van der Waals surface area (Å²) in [6.45, 7) is 2.70. The molecular formula is C23H30N4O3S. The normalized spacial score (nSPS) is 19.0. The summed E-state index contributed by atoms with van der Waals surface area (Å²) in [5.41, 5.74) is 1.90. The lowest BCUT2D eigenvalue weighted by molar-refractivity contribution is -0.122. The highest BCUT2D eigenvalue weighted by Gasteiger charge is 2.22. The number of hydrogen-bond acceptors (Lipinski definition) is 4. The van der Waals surface area contributed by atoms with Crippen LogP contribution in [-0.4, -0.2) is 33.6 Å². The van der Waals surface area contributed by atoms with Gasteiger partial charge in [-0.25, -0.2) is 0 Å². The van der Waals surface area contributed by atoms with E-state index in [-0.39, 0.29) is 11.5 Å². The van der Waals surface area contributed by atoms with Crippen molar-refractivity contribution in [1.29, 1.82) is 0 Å². The molecule has 0 bridgehead atoms. The van der Waals surface area contributed by atoms with Crippen molar-refractivity contribution in [1.82, 2.24) is 19.9 Å². The summed E-state index contributed by atoms with van der Waals surface area (Å²) in [6.07, 6.45) is 6.63. The van der Waals surface area contributed by atoms with Crippen LogP contribution in [0.25, 0.3) is 21.9 Å². The van der Waals surface area contributed by atoms with E-state index in [1.165, 1.54) is 19.3 Å².